The van der Waals surface area contributed by atoms with Gasteiger partial charge in [0.05, 0.1) is 28.3 Å². The maximum absolute atomic E-state index is 10.3. The first kappa shape index (κ1) is 16.0. The van der Waals surface area contributed by atoms with E-state index in [0.29, 0.717) is 5.56 Å². The Balaban J connectivity index is 0.000000204. The van der Waals surface area contributed by atoms with Crippen LogP contribution in [0.25, 0.3) is 0 Å². The van der Waals surface area contributed by atoms with Crippen molar-refractivity contribution >= 4 is 23.3 Å². The summed E-state index contributed by atoms with van der Waals surface area (Å²) >= 11 is 5.79. The molecule has 106 valence electrons. The van der Waals surface area contributed by atoms with Gasteiger partial charge in [0, 0.05) is 0 Å². The van der Waals surface area contributed by atoms with E-state index in [2.05, 4.69) is 5.16 Å². The molecule has 0 amide bonds. The van der Waals surface area contributed by atoms with Crippen molar-refractivity contribution in [3.8, 4) is 6.07 Å². The lowest BCUT2D eigenvalue weighted by Crippen LogP contribution is -2.18. The minimum atomic E-state index is -0.977. The number of alkyl halides is 1. The number of rotatable bonds is 1. The van der Waals surface area contributed by atoms with Crippen molar-refractivity contribution in [2.45, 2.75) is 31.1 Å². The van der Waals surface area contributed by atoms with E-state index in [9.17, 15) is 4.79 Å². The molecule has 0 bridgehead atoms. The minimum Gasteiger partial charge on any atom is -0.478 e. The summed E-state index contributed by atoms with van der Waals surface area (Å²) in [6.45, 7) is 0. The average molecular weight is 295 g/mol. The minimum absolute atomic E-state index is 0.0104. The largest absolute Gasteiger partial charge is 0.478 e. The predicted octanol–water partition coefficient (Wildman–Crippen LogP) is 3.25. The van der Waals surface area contributed by atoms with Crippen LogP contribution in [0.2, 0.25) is 0 Å². The second-order valence-corrected chi connectivity index (χ2v) is 4.83. The molecule has 1 aromatic carbocycles. The Bertz CT molecular complexity index is 520. The Hall–Kier alpha value is -2.06. The maximum Gasteiger partial charge on any atom is 0.335 e. The molecular formula is C14H15ClN2O3. The highest BCUT2D eigenvalue weighted by molar-refractivity contribution is 6.32. The van der Waals surface area contributed by atoms with Crippen LogP contribution in [-0.4, -0.2) is 27.4 Å². The first-order valence-electron chi connectivity index (χ1n) is 6.17. The third-order valence-corrected chi connectivity index (χ3v) is 3.36. The highest BCUT2D eigenvalue weighted by atomic mass is 35.5. The van der Waals surface area contributed by atoms with E-state index in [1.165, 1.54) is 24.3 Å². The highest BCUT2D eigenvalue weighted by Crippen LogP contribution is 2.19. The molecule has 1 atom stereocenters. The van der Waals surface area contributed by atoms with Gasteiger partial charge in [0.1, 0.15) is 0 Å². The zero-order chi connectivity index (χ0) is 15.0. The first-order chi connectivity index (χ1) is 9.58. The highest BCUT2D eigenvalue weighted by Gasteiger charge is 2.17. The number of carbonyl (C=O) groups is 1. The Morgan fingerprint density at radius 1 is 1.35 bits per heavy atom. The van der Waals surface area contributed by atoms with Gasteiger partial charge in [0.25, 0.3) is 0 Å². The lowest BCUT2D eigenvalue weighted by Gasteiger charge is -2.15. The van der Waals surface area contributed by atoms with Gasteiger partial charge in [-0.15, -0.1) is 11.6 Å². The lowest BCUT2D eigenvalue weighted by molar-refractivity contribution is 0.0697. The van der Waals surface area contributed by atoms with E-state index >= 15 is 0 Å². The summed E-state index contributed by atoms with van der Waals surface area (Å²) in [4.78, 5) is 10.3. The number of halogens is 1. The summed E-state index contributed by atoms with van der Waals surface area (Å²) in [7, 11) is 0. The molecule has 0 heterocycles. The molecule has 0 saturated heterocycles. The normalized spacial score (nSPS) is 19.6. The van der Waals surface area contributed by atoms with Crippen molar-refractivity contribution in [3.05, 3.63) is 35.4 Å². The number of nitrogens with zero attached hydrogens (tertiary/aromatic N) is 2. The van der Waals surface area contributed by atoms with E-state index in [1.54, 1.807) is 0 Å². The SMILES string of the molecule is N#Cc1ccc(C(=O)O)cc1.ON=C1CCCCC1Cl. The molecule has 1 aliphatic rings. The monoisotopic (exact) mass is 294 g/mol. The summed E-state index contributed by atoms with van der Waals surface area (Å²) in [6.07, 6.45) is 4.10. The molecule has 1 fully saturated rings. The standard InChI is InChI=1S/C8H5NO2.C6H10ClNO/c9-5-6-1-3-7(4-2-6)8(10)11;7-5-3-1-2-4-6(5)8-9/h1-4H,(H,10,11);5,9H,1-4H2. The number of benzene rings is 1. The van der Waals surface area contributed by atoms with Crippen LogP contribution in [0.4, 0.5) is 0 Å². The number of nitriles is 1. The summed E-state index contributed by atoms with van der Waals surface area (Å²) in [5, 5.41) is 28.3. The van der Waals surface area contributed by atoms with Crippen molar-refractivity contribution in [1.29, 1.82) is 5.26 Å². The van der Waals surface area contributed by atoms with E-state index in [1.807, 2.05) is 6.07 Å². The van der Waals surface area contributed by atoms with Crippen LogP contribution in [-0.2, 0) is 0 Å². The van der Waals surface area contributed by atoms with E-state index in [-0.39, 0.29) is 10.9 Å². The number of hydrogen-bond acceptors (Lipinski definition) is 4. The van der Waals surface area contributed by atoms with Crippen LogP contribution in [0.15, 0.2) is 29.4 Å². The summed E-state index contributed by atoms with van der Waals surface area (Å²) in [5.74, 6) is -0.977. The molecular weight excluding hydrogens is 280 g/mol. The number of carboxylic acid groups (broad SMARTS) is 1. The number of hydrogen-bond donors (Lipinski definition) is 2. The topological polar surface area (TPSA) is 93.7 Å². The Kier molecular flexibility index (Phi) is 6.54. The Morgan fingerprint density at radius 2 is 2.00 bits per heavy atom. The zero-order valence-corrected chi connectivity index (χ0v) is 11.5. The van der Waals surface area contributed by atoms with Crippen LogP contribution >= 0.6 is 11.6 Å². The van der Waals surface area contributed by atoms with Gasteiger partial charge in [-0.1, -0.05) is 11.6 Å². The maximum atomic E-state index is 10.3. The van der Waals surface area contributed by atoms with Crippen LogP contribution in [0, 0.1) is 11.3 Å². The Labute approximate surface area is 122 Å². The van der Waals surface area contributed by atoms with E-state index in [0.717, 1.165) is 31.4 Å². The average Bonchev–Trinajstić information content (AvgIpc) is 2.48. The molecule has 0 aromatic heterocycles. The van der Waals surface area contributed by atoms with Gasteiger partial charge in [0.2, 0.25) is 0 Å². The zero-order valence-electron chi connectivity index (χ0n) is 10.8. The quantitative estimate of drug-likeness (QED) is 0.472. The molecule has 1 aliphatic carbocycles. The van der Waals surface area contributed by atoms with Gasteiger partial charge in [0.15, 0.2) is 0 Å². The van der Waals surface area contributed by atoms with Gasteiger partial charge in [-0.3, -0.25) is 0 Å². The molecule has 2 rings (SSSR count). The number of oxime groups is 1. The Morgan fingerprint density at radius 3 is 2.40 bits per heavy atom. The summed E-state index contributed by atoms with van der Waals surface area (Å²) < 4.78 is 0. The predicted molar refractivity (Wildman–Crippen MR) is 75.4 cm³/mol. The first-order valence-corrected chi connectivity index (χ1v) is 6.60. The van der Waals surface area contributed by atoms with Crippen molar-refractivity contribution in [1.82, 2.24) is 0 Å². The number of carboxylic acids is 1. The molecule has 2 N–H and O–H groups in total. The molecule has 1 saturated carbocycles. The van der Waals surface area contributed by atoms with Crippen LogP contribution in [0.1, 0.15) is 41.6 Å². The van der Waals surface area contributed by atoms with Gasteiger partial charge < -0.3 is 10.3 Å². The van der Waals surface area contributed by atoms with Crippen LogP contribution < -0.4 is 0 Å². The summed E-state index contributed by atoms with van der Waals surface area (Å²) in [5.41, 5.74) is 1.42. The lowest BCUT2D eigenvalue weighted by atomic mass is 9.98. The van der Waals surface area contributed by atoms with Gasteiger partial charge in [-0.25, -0.2) is 4.79 Å². The molecule has 0 aliphatic heterocycles. The fourth-order valence-electron chi connectivity index (χ4n) is 1.75. The summed E-state index contributed by atoms with van der Waals surface area (Å²) in [6, 6.07) is 7.66. The second kappa shape index (κ2) is 8.18. The number of aromatic carboxylic acids is 1. The van der Waals surface area contributed by atoms with Crippen molar-refractivity contribution in [3.63, 3.8) is 0 Å². The molecule has 1 unspecified atom stereocenters. The molecule has 0 spiro atoms. The van der Waals surface area contributed by atoms with E-state index in [4.69, 9.17) is 27.2 Å². The third kappa shape index (κ3) is 4.90. The second-order valence-electron chi connectivity index (χ2n) is 4.30. The third-order valence-electron chi connectivity index (χ3n) is 2.89. The van der Waals surface area contributed by atoms with Crippen molar-refractivity contribution < 1.29 is 15.1 Å². The van der Waals surface area contributed by atoms with E-state index < -0.39 is 5.97 Å². The van der Waals surface area contributed by atoms with Gasteiger partial charge in [-0.05, 0) is 43.5 Å². The molecule has 1 aromatic rings. The van der Waals surface area contributed by atoms with Crippen LogP contribution in [0.3, 0.4) is 0 Å². The van der Waals surface area contributed by atoms with Crippen molar-refractivity contribution in [2.75, 3.05) is 0 Å². The molecule has 5 nitrogen and oxygen atoms in total. The molecule has 0 radical (unpaired) electrons. The fraction of sp³-hybridized carbons (Fsp3) is 0.357. The molecule has 6 heteroatoms. The molecule has 20 heavy (non-hydrogen) atoms. The fourth-order valence-corrected chi connectivity index (χ4v) is 2.06. The van der Waals surface area contributed by atoms with Gasteiger partial charge >= 0.3 is 5.97 Å². The van der Waals surface area contributed by atoms with Gasteiger partial charge in [-0.2, -0.15) is 5.26 Å². The van der Waals surface area contributed by atoms with Crippen molar-refractivity contribution in [2.24, 2.45) is 5.16 Å². The van der Waals surface area contributed by atoms with Crippen LogP contribution in [0.5, 0.6) is 0 Å². The smallest absolute Gasteiger partial charge is 0.335 e.